The lowest BCUT2D eigenvalue weighted by Gasteiger charge is -1.89. The molecule has 0 bridgehead atoms. The summed E-state index contributed by atoms with van der Waals surface area (Å²) in [6.45, 7) is 3.75. The normalized spacial score (nSPS) is 13.6. The first-order chi connectivity index (χ1) is 11.2. The van der Waals surface area contributed by atoms with Crippen LogP contribution in [0.15, 0.2) is 72.4 Å². The van der Waals surface area contributed by atoms with Crippen molar-refractivity contribution in [1.82, 2.24) is 0 Å². The van der Waals surface area contributed by atoms with Crippen molar-refractivity contribution in [3.63, 3.8) is 0 Å². The lowest BCUT2D eigenvalue weighted by molar-refractivity contribution is -0.132. The Morgan fingerprint density at radius 1 is 0.696 bits per heavy atom. The third kappa shape index (κ3) is 16.1. The van der Waals surface area contributed by atoms with E-state index in [1.807, 2.05) is 6.08 Å². The minimum atomic E-state index is -0.850. The van der Waals surface area contributed by atoms with Crippen molar-refractivity contribution in [1.29, 1.82) is 0 Å². The number of aliphatic carboxylic acids is 1. The first-order valence-electron chi connectivity index (χ1n) is 8.33. The highest BCUT2D eigenvalue weighted by atomic mass is 16.4. The molecule has 0 amide bonds. The number of hydrogen-bond acceptors (Lipinski definition) is 1. The standard InChI is InChI=1S/C21H30O2/c1-3-4-5-6-7-8-9-10-11-12-13-14-15-16-17-18-19-20(2)21(22)23/h4-5,7-8,10-11,13-14,16-17,19H,3,6,9,12,15,18H2,1-2H3,(H,22,23)/b5-4?,8-7?,11-10-,14-13-,17-16-,20-19+. The molecule has 0 saturated carbocycles. The number of rotatable bonds is 12. The van der Waals surface area contributed by atoms with Gasteiger partial charge in [0.1, 0.15) is 0 Å². The van der Waals surface area contributed by atoms with E-state index in [1.54, 1.807) is 13.0 Å². The lowest BCUT2D eigenvalue weighted by atomic mass is 10.2. The maximum absolute atomic E-state index is 10.6. The summed E-state index contributed by atoms with van der Waals surface area (Å²) in [4.78, 5) is 10.6. The Hall–Kier alpha value is -2.09. The second-order valence-corrected chi connectivity index (χ2v) is 5.14. The van der Waals surface area contributed by atoms with Gasteiger partial charge in [-0.3, -0.25) is 0 Å². The van der Waals surface area contributed by atoms with Crippen LogP contribution in [0.4, 0.5) is 0 Å². The van der Waals surface area contributed by atoms with Gasteiger partial charge >= 0.3 is 5.97 Å². The van der Waals surface area contributed by atoms with Gasteiger partial charge in [0.25, 0.3) is 0 Å². The van der Waals surface area contributed by atoms with E-state index in [1.165, 1.54) is 0 Å². The van der Waals surface area contributed by atoms with Gasteiger partial charge in [-0.2, -0.15) is 0 Å². The number of carboxylic acids is 1. The summed E-state index contributed by atoms with van der Waals surface area (Å²) in [6, 6.07) is 0. The molecule has 2 heteroatoms. The van der Waals surface area contributed by atoms with E-state index in [0.29, 0.717) is 12.0 Å². The van der Waals surface area contributed by atoms with Crippen molar-refractivity contribution < 1.29 is 9.90 Å². The molecule has 0 rings (SSSR count). The van der Waals surface area contributed by atoms with Crippen LogP contribution in [0.1, 0.15) is 52.4 Å². The van der Waals surface area contributed by atoms with Crippen LogP contribution in [-0.4, -0.2) is 11.1 Å². The highest BCUT2D eigenvalue weighted by molar-refractivity contribution is 5.85. The van der Waals surface area contributed by atoms with Crippen LogP contribution >= 0.6 is 0 Å². The maximum Gasteiger partial charge on any atom is 0.330 e. The molecular formula is C21H30O2. The number of hydrogen-bond donors (Lipinski definition) is 1. The lowest BCUT2D eigenvalue weighted by Crippen LogP contribution is -1.94. The van der Waals surface area contributed by atoms with Gasteiger partial charge in [0.15, 0.2) is 0 Å². The Balaban J connectivity index is 3.64. The van der Waals surface area contributed by atoms with Gasteiger partial charge in [-0.1, -0.05) is 73.8 Å². The van der Waals surface area contributed by atoms with Gasteiger partial charge in [0, 0.05) is 5.57 Å². The minimum Gasteiger partial charge on any atom is -0.478 e. The van der Waals surface area contributed by atoms with Crippen molar-refractivity contribution >= 4 is 5.97 Å². The summed E-state index contributed by atoms with van der Waals surface area (Å²) in [7, 11) is 0. The van der Waals surface area contributed by atoms with Crippen molar-refractivity contribution in [2.75, 3.05) is 0 Å². The molecule has 0 saturated heterocycles. The number of allylic oxidation sites excluding steroid dienone is 11. The van der Waals surface area contributed by atoms with E-state index in [2.05, 4.69) is 61.6 Å². The Labute approximate surface area is 141 Å². The predicted octanol–water partition coefficient (Wildman–Crippen LogP) is 6.16. The van der Waals surface area contributed by atoms with E-state index in [0.717, 1.165) is 32.1 Å². The summed E-state index contributed by atoms with van der Waals surface area (Å²) in [5.74, 6) is -0.850. The molecule has 0 aliphatic rings. The zero-order valence-corrected chi connectivity index (χ0v) is 14.4. The SMILES string of the molecule is CCC=CCC=CC/C=C\C/C=C\C/C=C\C/C=C(\C)C(=O)O. The quantitative estimate of drug-likeness (QED) is 0.346. The Bertz CT molecular complexity index is 474. The Morgan fingerprint density at radius 2 is 1.04 bits per heavy atom. The molecule has 1 N–H and O–H groups in total. The summed E-state index contributed by atoms with van der Waals surface area (Å²) in [5, 5.41) is 8.69. The second-order valence-electron chi connectivity index (χ2n) is 5.14. The second kappa shape index (κ2) is 16.3. The highest BCUT2D eigenvalue weighted by Gasteiger charge is 1.95. The van der Waals surface area contributed by atoms with Crippen LogP contribution in [0, 0.1) is 0 Å². The van der Waals surface area contributed by atoms with Gasteiger partial charge in [0.2, 0.25) is 0 Å². The number of carboxylic acid groups (broad SMARTS) is 1. The Morgan fingerprint density at radius 3 is 1.39 bits per heavy atom. The van der Waals surface area contributed by atoms with Gasteiger partial charge in [-0.25, -0.2) is 4.79 Å². The topological polar surface area (TPSA) is 37.3 Å². The monoisotopic (exact) mass is 314 g/mol. The third-order valence-electron chi connectivity index (χ3n) is 3.06. The first kappa shape index (κ1) is 20.9. The Kier molecular flexibility index (Phi) is 14.8. The van der Waals surface area contributed by atoms with Crippen molar-refractivity contribution in [2.45, 2.75) is 52.4 Å². The minimum absolute atomic E-state index is 0.394. The molecule has 0 aromatic heterocycles. The van der Waals surface area contributed by atoms with Crippen LogP contribution < -0.4 is 0 Å². The van der Waals surface area contributed by atoms with Crippen molar-refractivity contribution in [3.8, 4) is 0 Å². The van der Waals surface area contributed by atoms with E-state index < -0.39 is 5.97 Å². The van der Waals surface area contributed by atoms with E-state index in [9.17, 15) is 4.79 Å². The zero-order valence-electron chi connectivity index (χ0n) is 14.4. The third-order valence-corrected chi connectivity index (χ3v) is 3.06. The summed E-state index contributed by atoms with van der Waals surface area (Å²) < 4.78 is 0. The summed E-state index contributed by atoms with van der Waals surface area (Å²) >= 11 is 0. The van der Waals surface area contributed by atoms with Crippen LogP contribution in [0.25, 0.3) is 0 Å². The van der Waals surface area contributed by atoms with E-state index >= 15 is 0 Å². The largest absolute Gasteiger partial charge is 0.478 e. The molecule has 0 heterocycles. The molecule has 0 aliphatic heterocycles. The van der Waals surface area contributed by atoms with Crippen LogP contribution in [0.5, 0.6) is 0 Å². The highest BCUT2D eigenvalue weighted by Crippen LogP contribution is 1.98. The molecular weight excluding hydrogens is 284 g/mol. The van der Waals surface area contributed by atoms with Crippen LogP contribution in [0.3, 0.4) is 0 Å². The molecule has 0 radical (unpaired) electrons. The van der Waals surface area contributed by atoms with E-state index in [4.69, 9.17) is 5.11 Å². The molecule has 0 aromatic carbocycles. The predicted molar refractivity (Wildman–Crippen MR) is 100 cm³/mol. The first-order valence-corrected chi connectivity index (χ1v) is 8.33. The molecule has 2 nitrogen and oxygen atoms in total. The number of carbonyl (C=O) groups is 1. The average molecular weight is 314 g/mol. The van der Waals surface area contributed by atoms with Crippen LogP contribution in [-0.2, 0) is 4.79 Å². The molecule has 23 heavy (non-hydrogen) atoms. The average Bonchev–Trinajstić information content (AvgIpc) is 2.54. The smallest absolute Gasteiger partial charge is 0.330 e. The molecule has 0 fully saturated rings. The van der Waals surface area contributed by atoms with Gasteiger partial charge in [-0.15, -0.1) is 0 Å². The van der Waals surface area contributed by atoms with Gasteiger partial charge < -0.3 is 5.11 Å². The molecule has 0 atom stereocenters. The molecule has 0 aromatic rings. The fourth-order valence-corrected chi connectivity index (χ4v) is 1.68. The summed E-state index contributed by atoms with van der Waals surface area (Å²) in [6.07, 6.45) is 28.8. The van der Waals surface area contributed by atoms with Gasteiger partial charge in [0.05, 0.1) is 0 Å². The molecule has 126 valence electrons. The molecule has 0 spiro atoms. The van der Waals surface area contributed by atoms with Crippen molar-refractivity contribution in [3.05, 3.63) is 72.4 Å². The maximum atomic E-state index is 10.6. The summed E-state index contributed by atoms with van der Waals surface area (Å²) in [5.41, 5.74) is 0.394. The van der Waals surface area contributed by atoms with Gasteiger partial charge in [-0.05, 0) is 45.4 Å². The van der Waals surface area contributed by atoms with E-state index in [-0.39, 0.29) is 0 Å². The molecule has 0 aliphatic carbocycles. The molecule has 0 unspecified atom stereocenters. The fourth-order valence-electron chi connectivity index (χ4n) is 1.68. The fraction of sp³-hybridized carbons (Fsp3) is 0.381. The van der Waals surface area contributed by atoms with Crippen molar-refractivity contribution in [2.24, 2.45) is 0 Å². The van der Waals surface area contributed by atoms with Crippen LogP contribution in [0.2, 0.25) is 0 Å². The zero-order chi connectivity index (χ0) is 17.2.